The quantitative estimate of drug-likeness (QED) is 0.370. The lowest BCUT2D eigenvalue weighted by Gasteiger charge is -2.27. The van der Waals surface area contributed by atoms with E-state index in [0.717, 1.165) is 0 Å². The van der Waals surface area contributed by atoms with Crippen molar-refractivity contribution in [3.8, 4) is 0 Å². The largest absolute Gasteiger partial charge is 0.481 e. The molecule has 6 heteroatoms. The molecule has 1 aliphatic heterocycles. The molecule has 1 rings (SSSR count). The standard InChI is InChI=1S/C6H8N2O3S/c9-2-4-3(5(10)11)1-7-6(12)8-4/h2-4H,1H2,(H,10,11)(H2,7,8,12). The zero-order valence-electron chi connectivity index (χ0n) is 6.11. The second kappa shape index (κ2) is 3.48. The lowest BCUT2D eigenvalue weighted by atomic mass is 10.00. The molecule has 1 aliphatic rings. The highest BCUT2D eigenvalue weighted by molar-refractivity contribution is 7.80. The van der Waals surface area contributed by atoms with Gasteiger partial charge in [-0.2, -0.15) is 0 Å². The summed E-state index contributed by atoms with van der Waals surface area (Å²) in [4.78, 5) is 21.0. The molecule has 5 nitrogen and oxygen atoms in total. The highest BCUT2D eigenvalue weighted by atomic mass is 32.1. The Bertz CT molecular complexity index is 231. The van der Waals surface area contributed by atoms with E-state index in [2.05, 4.69) is 10.6 Å². The van der Waals surface area contributed by atoms with Crippen LogP contribution in [0.25, 0.3) is 0 Å². The topological polar surface area (TPSA) is 78.4 Å². The van der Waals surface area contributed by atoms with Crippen LogP contribution in [0.15, 0.2) is 0 Å². The number of hydrogen-bond acceptors (Lipinski definition) is 3. The summed E-state index contributed by atoms with van der Waals surface area (Å²) in [6.45, 7) is 0.199. The van der Waals surface area contributed by atoms with E-state index in [1.54, 1.807) is 0 Å². The SMILES string of the molecule is O=CC1NC(=S)NCC1C(=O)O. The van der Waals surface area contributed by atoms with Gasteiger partial charge in [-0.05, 0) is 12.2 Å². The van der Waals surface area contributed by atoms with Crippen molar-refractivity contribution in [3.05, 3.63) is 0 Å². The van der Waals surface area contributed by atoms with Gasteiger partial charge in [0.05, 0.1) is 6.04 Å². The molecular weight excluding hydrogens is 180 g/mol. The van der Waals surface area contributed by atoms with Crippen LogP contribution in [0, 0.1) is 5.92 Å². The molecule has 0 amide bonds. The number of thiocarbonyl (C=S) groups is 1. The fourth-order valence-corrected chi connectivity index (χ4v) is 1.22. The maximum absolute atomic E-state index is 10.5. The first-order chi connectivity index (χ1) is 5.65. The van der Waals surface area contributed by atoms with Crippen LogP contribution >= 0.6 is 12.2 Å². The number of aliphatic carboxylic acids is 1. The summed E-state index contributed by atoms with van der Waals surface area (Å²) in [5.74, 6) is -1.75. The van der Waals surface area contributed by atoms with Gasteiger partial charge >= 0.3 is 5.97 Å². The van der Waals surface area contributed by atoms with Crippen molar-refractivity contribution in [3.63, 3.8) is 0 Å². The number of carbonyl (C=O) groups is 2. The third-order valence-electron chi connectivity index (χ3n) is 1.68. The molecule has 0 aromatic heterocycles. The number of rotatable bonds is 2. The van der Waals surface area contributed by atoms with Gasteiger partial charge < -0.3 is 20.5 Å². The first-order valence-electron chi connectivity index (χ1n) is 3.37. The maximum Gasteiger partial charge on any atom is 0.310 e. The maximum atomic E-state index is 10.5. The Kier molecular flexibility index (Phi) is 2.59. The summed E-state index contributed by atoms with van der Waals surface area (Å²) in [6.07, 6.45) is 0.561. The molecule has 0 aromatic rings. The van der Waals surface area contributed by atoms with Crippen molar-refractivity contribution >= 4 is 29.6 Å². The molecule has 2 atom stereocenters. The molecule has 0 aliphatic carbocycles. The molecule has 0 bridgehead atoms. The number of aldehydes is 1. The lowest BCUT2D eigenvalue weighted by Crippen LogP contribution is -2.57. The minimum absolute atomic E-state index is 0.199. The van der Waals surface area contributed by atoms with Crippen LogP contribution in [0.2, 0.25) is 0 Å². The number of carboxylic acid groups (broad SMARTS) is 1. The van der Waals surface area contributed by atoms with Crippen molar-refractivity contribution in [2.75, 3.05) is 6.54 Å². The Morgan fingerprint density at radius 3 is 2.92 bits per heavy atom. The van der Waals surface area contributed by atoms with Gasteiger partial charge in [-0.3, -0.25) is 4.79 Å². The smallest absolute Gasteiger partial charge is 0.310 e. The third kappa shape index (κ3) is 1.70. The van der Waals surface area contributed by atoms with E-state index in [1.807, 2.05) is 0 Å². The Morgan fingerprint density at radius 1 is 1.75 bits per heavy atom. The molecule has 0 saturated carbocycles. The second-order valence-electron chi connectivity index (χ2n) is 2.46. The molecule has 12 heavy (non-hydrogen) atoms. The normalized spacial score (nSPS) is 28.5. The third-order valence-corrected chi connectivity index (χ3v) is 1.94. The van der Waals surface area contributed by atoms with Crippen molar-refractivity contribution in [1.82, 2.24) is 10.6 Å². The molecule has 1 heterocycles. The van der Waals surface area contributed by atoms with Gasteiger partial charge in [-0.15, -0.1) is 0 Å². The number of nitrogens with one attached hydrogen (secondary N) is 2. The molecular formula is C6H8N2O3S. The summed E-state index contributed by atoms with van der Waals surface area (Å²) in [6, 6.07) is -0.712. The predicted octanol–water partition coefficient (Wildman–Crippen LogP) is -1.27. The highest BCUT2D eigenvalue weighted by Crippen LogP contribution is 2.05. The Balaban J connectivity index is 2.68. The van der Waals surface area contributed by atoms with Crippen LogP contribution in [-0.4, -0.2) is 35.1 Å². The minimum atomic E-state index is -1.00. The van der Waals surface area contributed by atoms with Gasteiger partial charge in [0.15, 0.2) is 5.11 Å². The van der Waals surface area contributed by atoms with Crippen molar-refractivity contribution < 1.29 is 14.7 Å². The Hall–Kier alpha value is -1.17. The van der Waals surface area contributed by atoms with E-state index in [-0.39, 0.29) is 6.54 Å². The summed E-state index contributed by atoms with van der Waals surface area (Å²) >= 11 is 4.71. The van der Waals surface area contributed by atoms with Gasteiger partial charge in [-0.1, -0.05) is 0 Å². The number of carbonyl (C=O) groups excluding carboxylic acids is 1. The molecule has 1 fully saturated rings. The molecule has 3 N–H and O–H groups in total. The van der Waals surface area contributed by atoms with E-state index in [9.17, 15) is 9.59 Å². The van der Waals surface area contributed by atoms with Gasteiger partial charge in [0.25, 0.3) is 0 Å². The van der Waals surface area contributed by atoms with Crippen LogP contribution in [0.4, 0.5) is 0 Å². The molecule has 0 radical (unpaired) electrons. The number of hydrogen-bond donors (Lipinski definition) is 3. The highest BCUT2D eigenvalue weighted by Gasteiger charge is 2.31. The van der Waals surface area contributed by atoms with E-state index in [4.69, 9.17) is 17.3 Å². The predicted molar refractivity (Wildman–Crippen MR) is 44.7 cm³/mol. The van der Waals surface area contributed by atoms with Gasteiger partial charge in [-0.25, -0.2) is 0 Å². The molecule has 2 unspecified atom stereocenters. The fraction of sp³-hybridized carbons (Fsp3) is 0.500. The monoisotopic (exact) mass is 188 g/mol. The molecule has 0 spiro atoms. The zero-order valence-corrected chi connectivity index (χ0v) is 6.93. The van der Waals surface area contributed by atoms with Crippen LogP contribution in [0.5, 0.6) is 0 Å². The average molecular weight is 188 g/mol. The van der Waals surface area contributed by atoms with Gasteiger partial charge in [0.2, 0.25) is 0 Å². The molecule has 1 saturated heterocycles. The Morgan fingerprint density at radius 2 is 2.42 bits per heavy atom. The van der Waals surface area contributed by atoms with Crippen molar-refractivity contribution in [2.24, 2.45) is 5.92 Å². The summed E-state index contributed by atoms with van der Waals surface area (Å²) < 4.78 is 0. The molecule has 66 valence electrons. The molecule has 0 aromatic carbocycles. The second-order valence-corrected chi connectivity index (χ2v) is 2.87. The first kappa shape index (κ1) is 8.92. The first-order valence-corrected chi connectivity index (χ1v) is 3.78. The van der Waals surface area contributed by atoms with E-state index >= 15 is 0 Å². The van der Waals surface area contributed by atoms with Gasteiger partial charge in [0, 0.05) is 6.54 Å². The summed E-state index contributed by atoms with van der Waals surface area (Å²) in [5, 5.41) is 14.2. The van der Waals surface area contributed by atoms with Crippen LogP contribution in [-0.2, 0) is 9.59 Å². The van der Waals surface area contributed by atoms with Gasteiger partial charge in [0.1, 0.15) is 12.2 Å². The number of carboxylic acids is 1. The van der Waals surface area contributed by atoms with Crippen LogP contribution in [0.3, 0.4) is 0 Å². The van der Waals surface area contributed by atoms with Crippen molar-refractivity contribution in [2.45, 2.75) is 6.04 Å². The van der Waals surface area contributed by atoms with E-state index in [0.29, 0.717) is 11.4 Å². The average Bonchev–Trinajstić information content (AvgIpc) is 2.03. The van der Waals surface area contributed by atoms with Crippen molar-refractivity contribution in [1.29, 1.82) is 0 Å². The fourth-order valence-electron chi connectivity index (χ4n) is 1.00. The van der Waals surface area contributed by atoms with Crippen LogP contribution in [0.1, 0.15) is 0 Å². The van der Waals surface area contributed by atoms with Crippen LogP contribution < -0.4 is 10.6 Å². The summed E-state index contributed by atoms with van der Waals surface area (Å²) in [7, 11) is 0. The minimum Gasteiger partial charge on any atom is -0.481 e. The van der Waals surface area contributed by atoms with E-state index in [1.165, 1.54) is 0 Å². The zero-order chi connectivity index (χ0) is 9.14. The lowest BCUT2D eigenvalue weighted by molar-refractivity contribution is -0.143. The Labute approximate surface area is 74.1 Å². The van der Waals surface area contributed by atoms with E-state index < -0.39 is 17.9 Å². The summed E-state index contributed by atoms with van der Waals surface area (Å²) in [5.41, 5.74) is 0.